The van der Waals surface area contributed by atoms with Gasteiger partial charge in [-0.3, -0.25) is 0 Å². The number of halogens is 1. The van der Waals surface area contributed by atoms with Gasteiger partial charge in [-0.05, 0) is 35.0 Å². The third-order valence-electron chi connectivity index (χ3n) is 4.17. The molecule has 1 atom stereocenters. The topological polar surface area (TPSA) is 38.9 Å². The van der Waals surface area contributed by atoms with E-state index < -0.39 is 0 Å². The van der Waals surface area contributed by atoms with Gasteiger partial charge in [0, 0.05) is 5.56 Å². The van der Waals surface area contributed by atoms with Crippen molar-refractivity contribution in [3.63, 3.8) is 0 Å². The molecule has 0 aliphatic rings. The molecule has 0 amide bonds. The van der Waals surface area contributed by atoms with Crippen LogP contribution in [-0.4, -0.2) is 28.4 Å². The highest BCUT2D eigenvalue weighted by atomic mass is 32.2. The van der Waals surface area contributed by atoms with Gasteiger partial charge < -0.3 is 4.52 Å². The Morgan fingerprint density at radius 2 is 1.88 bits per heavy atom. The van der Waals surface area contributed by atoms with Crippen molar-refractivity contribution in [1.82, 2.24) is 10.1 Å². The van der Waals surface area contributed by atoms with E-state index in [9.17, 15) is 4.39 Å². The van der Waals surface area contributed by atoms with Crippen molar-refractivity contribution in [3.8, 4) is 11.1 Å². The summed E-state index contributed by atoms with van der Waals surface area (Å²) in [4.78, 5) is 4.47. The first-order valence-corrected chi connectivity index (χ1v) is 10.5. The zero-order valence-electron chi connectivity index (χ0n) is 14.7. The van der Waals surface area contributed by atoms with Crippen LogP contribution in [0.15, 0.2) is 53.1 Å². The molecule has 0 radical (unpaired) electrons. The van der Waals surface area contributed by atoms with Crippen molar-refractivity contribution in [3.05, 3.63) is 71.6 Å². The second-order valence-corrected chi connectivity index (χ2v) is 8.70. The maximum absolute atomic E-state index is 14.6. The average Bonchev–Trinajstić information content (AvgIpc) is 3.09. The van der Waals surface area contributed by atoms with E-state index in [1.54, 1.807) is 6.07 Å². The molecule has 0 spiro atoms. The lowest BCUT2D eigenvalue weighted by Gasteiger charge is -2.10. The Morgan fingerprint density at radius 3 is 2.56 bits per heavy atom. The summed E-state index contributed by atoms with van der Waals surface area (Å²) in [5, 5.41) is 4.05. The lowest BCUT2D eigenvalue weighted by Crippen LogP contribution is -2.06. The Kier molecular flexibility index (Phi) is 5.53. The number of hydrogen-bond donors (Lipinski definition) is 0. The Labute approximate surface area is 150 Å². The molecule has 0 aliphatic heterocycles. The van der Waals surface area contributed by atoms with Gasteiger partial charge in [-0.15, -0.1) is 0 Å². The Morgan fingerprint density at radius 1 is 1.12 bits per heavy atom. The van der Waals surface area contributed by atoms with Gasteiger partial charge in [-0.25, -0.2) is 4.39 Å². The normalized spacial score (nSPS) is 12.5. The third-order valence-corrected chi connectivity index (χ3v) is 5.19. The van der Waals surface area contributed by atoms with Crippen LogP contribution in [0.1, 0.15) is 30.1 Å². The number of aromatic nitrogens is 2. The molecule has 0 bridgehead atoms. The van der Waals surface area contributed by atoms with Gasteiger partial charge in [-0.1, -0.05) is 47.6 Å². The Balaban J connectivity index is 1.79. The van der Waals surface area contributed by atoms with Crippen LogP contribution < -0.4 is 0 Å². The molecule has 25 heavy (non-hydrogen) atoms. The highest BCUT2D eigenvalue weighted by molar-refractivity contribution is 7.95. The summed E-state index contributed by atoms with van der Waals surface area (Å²) < 4.78 is 19.9. The predicted molar refractivity (Wildman–Crippen MR) is 101 cm³/mol. The number of aryl methyl sites for hydroxylation is 1. The Hall–Kier alpha value is -2.14. The maximum atomic E-state index is 14.6. The molecule has 0 N–H and O–H groups in total. The van der Waals surface area contributed by atoms with E-state index in [-0.39, 0.29) is 11.7 Å². The van der Waals surface area contributed by atoms with E-state index in [4.69, 9.17) is 4.52 Å². The fraction of sp³-hybridized carbons (Fsp3) is 0.300. The zero-order chi connectivity index (χ0) is 17.8. The maximum Gasteiger partial charge on any atom is 0.233 e. The van der Waals surface area contributed by atoms with Gasteiger partial charge in [0.25, 0.3) is 0 Å². The fourth-order valence-corrected chi connectivity index (χ4v) is 3.23. The van der Waals surface area contributed by atoms with E-state index in [1.165, 1.54) is 0 Å². The van der Waals surface area contributed by atoms with Crippen LogP contribution in [0.25, 0.3) is 11.1 Å². The molecule has 1 aromatic heterocycles. The lowest BCUT2D eigenvalue weighted by atomic mass is 9.97. The van der Waals surface area contributed by atoms with Crippen molar-refractivity contribution in [2.45, 2.75) is 19.3 Å². The lowest BCUT2D eigenvalue weighted by molar-refractivity contribution is 0.365. The first kappa shape index (κ1) is 17.7. The van der Waals surface area contributed by atoms with Crippen molar-refractivity contribution < 1.29 is 8.91 Å². The highest BCUT2D eigenvalue weighted by Gasteiger charge is 2.19. The minimum absolute atomic E-state index is 0.137. The van der Waals surface area contributed by atoms with E-state index >= 15 is 0 Å². The molecule has 2 aromatic carbocycles. The van der Waals surface area contributed by atoms with Gasteiger partial charge in [0.15, 0.2) is 5.82 Å². The largest absolute Gasteiger partial charge is 0.339 e. The number of benzene rings is 2. The molecule has 1 unspecified atom stereocenters. The number of hydrogen-bond acceptors (Lipinski definition) is 3. The van der Waals surface area contributed by atoms with Crippen LogP contribution in [0.3, 0.4) is 0 Å². The molecule has 0 saturated heterocycles. The van der Waals surface area contributed by atoms with Crippen LogP contribution >= 0.6 is 0 Å². The number of nitrogens with zero attached hydrogens (tertiary/aromatic N) is 2. The van der Waals surface area contributed by atoms with Gasteiger partial charge in [0.2, 0.25) is 5.89 Å². The molecule has 130 valence electrons. The summed E-state index contributed by atoms with van der Waals surface area (Å²) in [5.74, 6) is 1.94. The Bertz CT molecular complexity index is 833. The summed E-state index contributed by atoms with van der Waals surface area (Å²) in [6, 6.07) is 14.8. The summed E-state index contributed by atoms with van der Waals surface area (Å²) in [6.45, 7) is 1.96. The van der Waals surface area contributed by atoms with Gasteiger partial charge in [-0.2, -0.15) is 4.98 Å². The molecular weight excluding hydrogens is 335 g/mol. The first-order chi connectivity index (χ1) is 12.0. The molecule has 0 fully saturated rings. The SMILES string of the molecule is CC(c1ccc(-c2ccccc2)c(F)c1)c1nc(CC[S+](C)C)no1. The molecule has 0 saturated carbocycles. The monoisotopic (exact) mass is 357 g/mol. The third kappa shape index (κ3) is 4.28. The van der Waals surface area contributed by atoms with Crippen molar-refractivity contribution in [2.24, 2.45) is 0 Å². The zero-order valence-corrected chi connectivity index (χ0v) is 15.5. The van der Waals surface area contributed by atoms with Crippen molar-refractivity contribution in [1.29, 1.82) is 0 Å². The van der Waals surface area contributed by atoms with Crippen LogP contribution in [0, 0.1) is 5.82 Å². The number of rotatable bonds is 6. The van der Waals surface area contributed by atoms with Gasteiger partial charge >= 0.3 is 0 Å². The molecular formula is C20H22FN2OS+. The molecule has 3 nitrogen and oxygen atoms in total. The van der Waals surface area contributed by atoms with Crippen molar-refractivity contribution in [2.75, 3.05) is 18.3 Å². The van der Waals surface area contributed by atoms with Gasteiger partial charge in [0.1, 0.15) is 11.6 Å². The van der Waals surface area contributed by atoms with E-state index in [1.807, 2.05) is 49.4 Å². The summed E-state index contributed by atoms with van der Waals surface area (Å²) in [5.41, 5.74) is 2.30. The molecule has 3 rings (SSSR count). The highest BCUT2D eigenvalue weighted by Crippen LogP contribution is 2.28. The van der Waals surface area contributed by atoms with Crippen molar-refractivity contribution >= 4 is 10.9 Å². The predicted octanol–water partition coefficient (Wildman–Crippen LogP) is 4.45. The second kappa shape index (κ2) is 7.83. The van der Waals surface area contributed by atoms with Crippen LogP contribution in [0.2, 0.25) is 0 Å². The summed E-state index contributed by atoms with van der Waals surface area (Å²) in [7, 11) is 0.351. The fourth-order valence-electron chi connectivity index (χ4n) is 2.64. The van der Waals surface area contributed by atoms with Crippen LogP contribution in [0.5, 0.6) is 0 Å². The summed E-state index contributed by atoms with van der Waals surface area (Å²) in [6.07, 6.45) is 5.20. The molecule has 5 heteroatoms. The van der Waals surface area contributed by atoms with E-state index in [0.29, 0.717) is 22.3 Å². The summed E-state index contributed by atoms with van der Waals surface area (Å²) >= 11 is 0. The molecule has 3 aromatic rings. The van der Waals surface area contributed by atoms with E-state index in [0.717, 1.165) is 29.1 Å². The molecule has 0 aliphatic carbocycles. The standard InChI is InChI=1S/C20H22FN2OS/c1-14(20-22-19(23-24-20)11-12-25(2)3)16-9-10-17(18(21)13-16)15-7-5-4-6-8-15/h4-10,13-14H,11-12H2,1-3H3/q+1. The minimum atomic E-state index is -0.240. The second-order valence-electron chi connectivity index (χ2n) is 6.32. The van der Waals surface area contributed by atoms with Crippen LogP contribution in [0.4, 0.5) is 4.39 Å². The van der Waals surface area contributed by atoms with E-state index in [2.05, 4.69) is 22.7 Å². The van der Waals surface area contributed by atoms with Crippen LogP contribution in [-0.2, 0) is 17.3 Å². The van der Waals surface area contributed by atoms with Gasteiger partial charge in [0.05, 0.1) is 24.9 Å². The molecule has 1 heterocycles. The quantitative estimate of drug-likeness (QED) is 0.612. The minimum Gasteiger partial charge on any atom is -0.339 e. The average molecular weight is 357 g/mol. The smallest absolute Gasteiger partial charge is 0.233 e. The first-order valence-electron chi connectivity index (χ1n) is 8.26.